The second-order valence-corrected chi connectivity index (χ2v) is 8.45. The molecule has 0 spiro atoms. The van der Waals surface area contributed by atoms with Crippen molar-refractivity contribution >= 4 is 5.91 Å². The van der Waals surface area contributed by atoms with Gasteiger partial charge in [-0.1, -0.05) is 64.9 Å². The summed E-state index contributed by atoms with van der Waals surface area (Å²) < 4.78 is 11.2. The van der Waals surface area contributed by atoms with Crippen LogP contribution >= 0.6 is 0 Å². The van der Waals surface area contributed by atoms with Crippen molar-refractivity contribution in [3.8, 4) is 11.5 Å². The van der Waals surface area contributed by atoms with Crippen molar-refractivity contribution in [2.45, 2.75) is 90.2 Å². The zero-order valence-electron chi connectivity index (χ0n) is 19.5. The second-order valence-electron chi connectivity index (χ2n) is 8.45. The number of benzene rings is 1. The van der Waals surface area contributed by atoms with E-state index in [2.05, 4.69) is 24.5 Å². The molecule has 0 unspecified atom stereocenters. The maximum atomic E-state index is 12.5. The molecule has 176 valence electrons. The molecule has 1 aromatic carbocycles. The van der Waals surface area contributed by atoms with E-state index in [1.165, 1.54) is 38.5 Å². The topological polar surface area (TPSA) is 79.8 Å². The number of aliphatic hydroxyl groups is 1. The van der Waals surface area contributed by atoms with E-state index in [1.807, 2.05) is 18.2 Å². The lowest BCUT2D eigenvalue weighted by Gasteiger charge is -2.26. The average Bonchev–Trinajstić information content (AvgIpc) is 2.79. The maximum absolute atomic E-state index is 12.5. The minimum absolute atomic E-state index is 0.00544. The van der Waals surface area contributed by atoms with Crippen LogP contribution in [0.5, 0.6) is 11.5 Å². The Hall–Kier alpha value is -1.79. The lowest BCUT2D eigenvalue weighted by Crippen LogP contribution is -2.46. The summed E-state index contributed by atoms with van der Waals surface area (Å²) in [6.07, 6.45) is 9.98. The van der Waals surface area contributed by atoms with Crippen LogP contribution < -0.4 is 20.1 Å². The molecule has 31 heavy (non-hydrogen) atoms. The summed E-state index contributed by atoms with van der Waals surface area (Å²) in [5.41, 5.74) is 0.727. The third-order valence-electron chi connectivity index (χ3n) is 5.71. The minimum atomic E-state index is -0.817. The number of hydrogen-bond donors (Lipinski definition) is 3. The molecular weight excluding hydrogens is 392 g/mol. The maximum Gasteiger partial charge on any atom is 0.220 e. The molecule has 1 aliphatic rings. The summed E-state index contributed by atoms with van der Waals surface area (Å²) in [6, 6.07) is 5.11. The highest BCUT2D eigenvalue weighted by atomic mass is 16.6. The zero-order chi connectivity index (χ0) is 22.3. The van der Waals surface area contributed by atoms with Gasteiger partial charge in [0.1, 0.15) is 19.3 Å². The Morgan fingerprint density at radius 1 is 0.968 bits per heavy atom. The molecule has 0 saturated heterocycles. The molecule has 1 heterocycles. The number of unbranched alkanes of at least 4 members (excludes halogenated alkanes) is 7. The van der Waals surface area contributed by atoms with Gasteiger partial charge < -0.3 is 25.2 Å². The van der Waals surface area contributed by atoms with E-state index < -0.39 is 12.1 Å². The monoisotopic (exact) mass is 434 g/mol. The van der Waals surface area contributed by atoms with Crippen LogP contribution in [0.25, 0.3) is 0 Å². The van der Waals surface area contributed by atoms with Gasteiger partial charge in [-0.25, -0.2) is 0 Å². The van der Waals surface area contributed by atoms with E-state index in [0.29, 0.717) is 37.7 Å². The smallest absolute Gasteiger partial charge is 0.220 e. The predicted molar refractivity (Wildman–Crippen MR) is 125 cm³/mol. The van der Waals surface area contributed by atoms with Crippen molar-refractivity contribution in [1.29, 1.82) is 0 Å². The quantitative estimate of drug-likeness (QED) is 0.334. The first-order valence-corrected chi connectivity index (χ1v) is 12.2. The first kappa shape index (κ1) is 25.5. The fraction of sp³-hybridized carbons (Fsp3) is 0.720. The summed E-state index contributed by atoms with van der Waals surface area (Å²) in [6.45, 7) is 6.84. The Morgan fingerprint density at radius 3 is 2.39 bits per heavy atom. The Morgan fingerprint density at radius 2 is 1.65 bits per heavy atom. The number of carbonyl (C=O) groups is 1. The van der Waals surface area contributed by atoms with Gasteiger partial charge in [-0.3, -0.25) is 4.79 Å². The summed E-state index contributed by atoms with van der Waals surface area (Å²) in [5.74, 6) is 1.35. The lowest BCUT2D eigenvalue weighted by atomic mass is 10.0. The van der Waals surface area contributed by atoms with E-state index in [1.54, 1.807) is 0 Å². The molecule has 0 bridgehead atoms. The third kappa shape index (κ3) is 9.48. The van der Waals surface area contributed by atoms with Crippen LogP contribution in [0.2, 0.25) is 0 Å². The molecule has 2 rings (SSSR count). The van der Waals surface area contributed by atoms with Crippen molar-refractivity contribution in [2.75, 3.05) is 26.3 Å². The molecule has 0 saturated carbocycles. The van der Waals surface area contributed by atoms with Crippen molar-refractivity contribution in [1.82, 2.24) is 10.6 Å². The van der Waals surface area contributed by atoms with Crippen LogP contribution in [0.3, 0.4) is 0 Å². The van der Waals surface area contributed by atoms with Gasteiger partial charge in [-0.2, -0.15) is 0 Å². The molecule has 2 atom stereocenters. The second kappa shape index (κ2) is 15.1. The van der Waals surface area contributed by atoms with Crippen molar-refractivity contribution in [2.24, 2.45) is 0 Å². The summed E-state index contributed by atoms with van der Waals surface area (Å²) in [5, 5.41) is 17.5. The molecule has 6 heteroatoms. The highest BCUT2D eigenvalue weighted by Gasteiger charge is 2.24. The molecule has 0 aliphatic carbocycles. The van der Waals surface area contributed by atoms with E-state index in [9.17, 15) is 9.90 Å². The van der Waals surface area contributed by atoms with Crippen LogP contribution in [-0.4, -0.2) is 43.4 Å². The fourth-order valence-electron chi connectivity index (χ4n) is 3.82. The van der Waals surface area contributed by atoms with Crippen molar-refractivity contribution < 1.29 is 19.4 Å². The minimum Gasteiger partial charge on any atom is -0.486 e. The third-order valence-corrected chi connectivity index (χ3v) is 5.71. The van der Waals surface area contributed by atoms with E-state index >= 15 is 0 Å². The normalized spacial score (nSPS) is 14.8. The SMILES string of the molecule is CCCCCCCC(=O)N[C@H](CNCCCCCC)[C@H](O)c1ccc2c(c1)OCCO2. The molecule has 1 aliphatic heterocycles. The van der Waals surface area contributed by atoms with Crippen LogP contribution in [0.4, 0.5) is 0 Å². The van der Waals surface area contributed by atoms with Crippen LogP contribution in [0.15, 0.2) is 18.2 Å². The number of hydrogen-bond acceptors (Lipinski definition) is 5. The summed E-state index contributed by atoms with van der Waals surface area (Å²) in [7, 11) is 0. The molecular formula is C25H42N2O4. The molecule has 0 radical (unpaired) electrons. The Kier molecular flexibility index (Phi) is 12.4. The van der Waals surface area contributed by atoms with E-state index in [-0.39, 0.29) is 5.91 Å². The predicted octanol–water partition coefficient (Wildman–Crippen LogP) is 4.51. The molecule has 0 fully saturated rings. The number of carbonyl (C=O) groups excluding carboxylic acids is 1. The van der Waals surface area contributed by atoms with Crippen molar-refractivity contribution in [3.05, 3.63) is 23.8 Å². The summed E-state index contributed by atoms with van der Waals surface area (Å²) in [4.78, 5) is 12.5. The standard InChI is InChI=1S/C25H42N2O4/c1-3-5-7-9-10-12-24(28)27-21(19-26-15-11-8-6-4-2)25(29)20-13-14-22-23(18-20)31-17-16-30-22/h13-14,18,21,25-26,29H,3-12,15-17,19H2,1-2H3,(H,27,28)/t21-,25-/m1/s1. The molecule has 1 amide bonds. The van der Waals surface area contributed by atoms with Gasteiger partial charge in [0.2, 0.25) is 5.91 Å². The number of fused-ring (bicyclic) bond motifs is 1. The molecule has 0 aromatic heterocycles. The van der Waals surface area contributed by atoms with Crippen LogP contribution in [0, 0.1) is 0 Å². The van der Waals surface area contributed by atoms with Gasteiger partial charge in [-0.15, -0.1) is 0 Å². The van der Waals surface area contributed by atoms with Gasteiger partial charge in [0.25, 0.3) is 0 Å². The molecule has 6 nitrogen and oxygen atoms in total. The Bertz CT molecular complexity index is 638. The number of ether oxygens (including phenoxy) is 2. The van der Waals surface area contributed by atoms with Gasteiger partial charge in [0, 0.05) is 13.0 Å². The zero-order valence-corrected chi connectivity index (χ0v) is 19.5. The number of nitrogens with one attached hydrogen (secondary N) is 2. The largest absolute Gasteiger partial charge is 0.486 e. The lowest BCUT2D eigenvalue weighted by molar-refractivity contribution is -0.122. The summed E-state index contributed by atoms with van der Waals surface area (Å²) >= 11 is 0. The highest BCUT2D eigenvalue weighted by Crippen LogP contribution is 2.33. The first-order valence-electron chi connectivity index (χ1n) is 12.2. The van der Waals surface area contributed by atoms with Gasteiger partial charge in [-0.05, 0) is 37.1 Å². The first-order chi connectivity index (χ1) is 15.2. The van der Waals surface area contributed by atoms with Gasteiger partial charge in [0.15, 0.2) is 11.5 Å². The Balaban J connectivity index is 1.92. The van der Waals surface area contributed by atoms with Gasteiger partial charge >= 0.3 is 0 Å². The fourth-order valence-corrected chi connectivity index (χ4v) is 3.82. The highest BCUT2D eigenvalue weighted by molar-refractivity contribution is 5.76. The molecule has 1 aromatic rings. The number of rotatable bonds is 16. The van der Waals surface area contributed by atoms with E-state index in [4.69, 9.17) is 9.47 Å². The molecule has 3 N–H and O–H groups in total. The number of aliphatic hydroxyl groups excluding tert-OH is 1. The number of amides is 1. The Labute approximate surface area is 188 Å². The van der Waals surface area contributed by atoms with Crippen LogP contribution in [0.1, 0.15) is 89.7 Å². The van der Waals surface area contributed by atoms with Gasteiger partial charge in [0.05, 0.1) is 6.04 Å². The van der Waals surface area contributed by atoms with E-state index in [0.717, 1.165) is 31.4 Å². The average molecular weight is 435 g/mol. The van der Waals surface area contributed by atoms with Crippen LogP contribution in [-0.2, 0) is 4.79 Å². The van der Waals surface area contributed by atoms with Crippen molar-refractivity contribution in [3.63, 3.8) is 0 Å².